The Kier molecular flexibility index (Phi) is 10.7. The second-order valence-electron chi connectivity index (χ2n) is 8.66. The van der Waals surface area contributed by atoms with E-state index in [2.05, 4.69) is 77.2 Å². The summed E-state index contributed by atoms with van der Waals surface area (Å²) in [5.41, 5.74) is 2.69. The molecular formula is C23H41IN6. The van der Waals surface area contributed by atoms with Gasteiger partial charge in [-0.05, 0) is 58.0 Å². The first kappa shape index (κ1) is 25.2. The third-order valence-electron chi connectivity index (χ3n) is 6.21. The van der Waals surface area contributed by atoms with Gasteiger partial charge >= 0.3 is 0 Å². The van der Waals surface area contributed by atoms with E-state index >= 15 is 0 Å². The minimum absolute atomic E-state index is 0. The van der Waals surface area contributed by atoms with Crippen molar-refractivity contribution in [2.75, 3.05) is 71.9 Å². The molecule has 1 unspecified atom stereocenters. The summed E-state index contributed by atoms with van der Waals surface area (Å²) in [6, 6.07) is 9.60. The average Bonchev–Trinajstić information content (AvgIpc) is 2.74. The molecule has 3 rings (SSSR count). The van der Waals surface area contributed by atoms with Crippen LogP contribution in [0.1, 0.15) is 31.7 Å². The fraction of sp³-hybridized carbons (Fsp3) is 0.696. The van der Waals surface area contributed by atoms with Crippen LogP contribution in [0.5, 0.6) is 0 Å². The topological polar surface area (TPSA) is 37.4 Å². The van der Waals surface area contributed by atoms with Gasteiger partial charge < -0.3 is 20.0 Å². The van der Waals surface area contributed by atoms with Crippen LogP contribution in [-0.2, 0) is 6.54 Å². The molecule has 0 spiro atoms. The van der Waals surface area contributed by atoms with Crippen LogP contribution in [0.3, 0.4) is 0 Å². The number of hydrogen-bond donors (Lipinski definition) is 1. The van der Waals surface area contributed by atoms with Gasteiger partial charge in [-0.15, -0.1) is 24.0 Å². The molecule has 1 atom stereocenters. The van der Waals surface area contributed by atoms with Gasteiger partial charge in [0.15, 0.2) is 5.96 Å². The Morgan fingerprint density at radius 1 is 1.07 bits per heavy atom. The van der Waals surface area contributed by atoms with Crippen molar-refractivity contribution in [1.82, 2.24) is 20.0 Å². The van der Waals surface area contributed by atoms with Gasteiger partial charge in [0, 0.05) is 64.6 Å². The lowest BCUT2D eigenvalue weighted by atomic mass is 10.1. The third kappa shape index (κ3) is 7.27. The second kappa shape index (κ2) is 12.7. The monoisotopic (exact) mass is 528 g/mol. The van der Waals surface area contributed by atoms with Crippen molar-refractivity contribution in [1.29, 1.82) is 0 Å². The zero-order valence-electron chi connectivity index (χ0n) is 19.3. The maximum atomic E-state index is 4.96. The minimum Gasteiger partial charge on any atom is -0.372 e. The highest BCUT2D eigenvalue weighted by Crippen LogP contribution is 2.20. The molecule has 2 heterocycles. The van der Waals surface area contributed by atoms with Gasteiger partial charge in [0.1, 0.15) is 0 Å². The van der Waals surface area contributed by atoms with E-state index in [9.17, 15) is 0 Å². The average molecular weight is 529 g/mol. The Balaban J connectivity index is 0.00000320. The van der Waals surface area contributed by atoms with Crippen molar-refractivity contribution in [2.24, 2.45) is 4.99 Å². The van der Waals surface area contributed by atoms with Crippen LogP contribution >= 0.6 is 24.0 Å². The SMILES string of the molecule is CCNC(=NCC1CN(C)CCN1C)N(C)Cc1ccc(N2CCCCC2)cc1.I. The summed E-state index contributed by atoms with van der Waals surface area (Å²) in [6.45, 7) is 10.5. The van der Waals surface area contributed by atoms with Crippen LogP contribution in [0.2, 0.25) is 0 Å². The predicted molar refractivity (Wildman–Crippen MR) is 139 cm³/mol. The fourth-order valence-electron chi connectivity index (χ4n) is 4.27. The maximum Gasteiger partial charge on any atom is 0.194 e. The van der Waals surface area contributed by atoms with Crippen LogP contribution in [0.25, 0.3) is 0 Å². The summed E-state index contributed by atoms with van der Waals surface area (Å²) in [5, 5.41) is 3.47. The quantitative estimate of drug-likeness (QED) is 0.349. The molecule has 0 radical (unpaired) electrons. The Morgan fingerprint density at radius 3 is 2.43 bits per heavy atom. The summed E-state index contributed by atoms with van der Waals surface area (Å²) in [6.07, 6.45) is 4.01. The number of anilines is 1. The van der Waals surface area contributed by atoms with Crippen molar-refractivity contribution in [3.63, 3.8) is 0 Å². The van der Waals surface area contributed by atoms with Crippen molar-refractivity contribution < 1.29 is 0 Å². The normalized spacial score (nSPS) is 21.3. The predicted octanol–water partition coefficient (Wildman–Crippen LogP) is 2.94. The van der Waals surface area contributed by atoms with Gasteiger partial charge in [-0.1, -0.05) is 12.1 Å². The number of piperazine rings is 1. The number of nitrogens with one attached hydrogen (secondary N) is 1. The Labute approximate surface area is 200 Å². The number of piperidine rings is 1. The van der Waals surface area contributed by atoms with Crippen LogP contribution in [0.4, 0.5) is 5.69 Å². The van der Waals surface area contributed by atoms with Crippen molar-refractivity contribution in [3.05, 3.63) is 29.8 Å². The summed E-state index contributed by atoms with van der Waals surface area (Å²) >= 11 is 0. The highest BCUT2D eigenvalue weighted by Gasteiger charge is 2.22. The van der Waals surface area contributed by atoms with E-state index in [1.807, 2.05) is 0 Å². The summed E-state index contributed by atoms with van der Waals surface area (Å²) in [5.74, 6) is 0.995. The van der Waals surface area contributed by atoms with Crippen molar-refractivity contribution in [2.45, 2.75) is 38.8 Å². The molecular weight excluding hydrogens is 487 g/mol. The Hall–Kier alpha value is -1.06. The molecule has 2 aliphatic heterocycles. The van der Waals surface area contributed by atoms with Crippen LogP contribution < -0.4 is 10.2 Å². The molecule has 1 N–H and O–H groups in total. The minimum atomic E-state index is 0. The molecule has 7 heteroatoms. The van der Waals surface area contributed by atoms with Gasteiger partial charge in [0.25, 0.3) is 0 Å². The molecule has 0 bridgehead atoms. The number of likely N-dealkylation sites (N-methyl/N-ethyl adjacent to an activating group) is 2. The van der Waals surface area contributed by atoms with Crippen molar-refractivity contribution in [3.8, 4) is 0 Å². The number of guanidine groups is 1. The third-order valence-corrected chi connectivity index (χ3v) is 6.21. The van der Waals surface area contributed by atoms with Crippen LogP contribution in [-0.4, -0.2) is 93.7 Å². The summed E-state index contributed by atoms with van der Waals surface area (Å²) < 4.78 is 0. The number of nitrogens with zero attached hydrogens (tertiary/aromatic N) is 5. The van der Waals surface area contributed by atoms with E-state index in [0.717, 1.165) is 45.2 Å². The molecule has 2 aliphatic rings. The van der Waals surface area contributed by atoms with E-state index in [-0.39, 0.29) is 24.0 Å². The van der Waals surface area contributed by atoms with Gasteiger partial charge in [0.05, 0.1) is 6.54 Å². The summed E-state index contributed by atoms with van der Waals surface area (Å²) in [7, 11) is 6.55. The zero-order valence-corrected chi connectivity index (χ0v) is 21.6. The molecule has 0 saturated carbocycles. The van der Waals surface area contributed by atoms with E-state index in [1.54, 1.807) is 0 Å². The highest BCUT2D eigenvalue weighted by molar-refractivity contribution is 14.0. The number of aliphatic imine (C=N–C) groups is 1. The number of rotatable bonds is 6. The lowest BCUT2D eigenvalue weighted by Gasteiger charge is -2.37. The zero-order chi connectivity index (χ0) is 20.6. The van der Waals surface area contributed by atoms with E-state index in [0.29, 0.717) is 6.04 Å². The van der Waals surface area contributed by atoms with Gasteiger partial charge in [0.2, 0.25) is 0 Å². The van der Waals surface area contributed by atoms with E-state index in [4.69, 9.17) is 4.99 Å². The lowest BCUT2D eigenvalue weighted by molar-refractivity contribution is 0.119. The smallest absolute Gasteiger partial charge is 0.194 e. The molecule has 6 nitrogen and oxygen atoms in total. The number of hydrogen-bond acceptors (Lipinski definition) is 4. The molecule has 1 aromatic rings. The molecule has 1 aromatic carbocycles. The maximum absolute atomic E-state index is 4.96. The van der Waals surface area contributed by atoms with Gasteiger partial charge in [-0.3, -0.25) is 9.89 Å². The number of halogens is 1. The molecule has 170 valence electrons. The first-order valence-corrected chi connectivity index (χ1v) is 11.3. The van der Waals surface area contributed by atoms with Gasteiger partial charge in [-0.2, -0.15) is 0 Å². The first-order chi connectivity index (χ1) is 14.1. The molecule has 0 aliphatic carbocycles. The largest absolute Gasteiger partial charge is 0.372 e. The second-order valence-corrected chi connectivity index (χ2v) is 8.66. The number of benzene rings is 1. The fourth-order valence-corrected chi connectivity index (χ4v) is 4.27. The molecule has 2 fully saturated rings. The molecule has 0 amide bonds. The molecule has 30 heavy (non-hydrogen) atoms. The van der Waals surface area contributed by atoms with Gasteiger partial charge in [-0.25, -0.2) is 0 Å². The molecule has 2 saturated heterocycles. The Bertz CT molecular complexity index is 644. The summed E-state index contributed by atoms with van der Waals surface area (Å²) in [4.78, 5) is 14.6. The van der Waals surface area contributed by atoms with E-state index < -0.39 is 0 Å². The highest BCUT2D eigenvalue weighted by atomic mass is 127. The van der Waals surface area contributed by atoms with Crippen LogP contribution in [0.15, 0.2) is 29.3 Å². The first-order valence-electron chi connectivity index (χ1n) is 11.3. The van der Waals surface area contributed by atoms with Crippen molar-refractivity contribution >= 4 is 35.6 Å². The molecule has 0 aromatic heterocycles. The lowest BCUT2D eigenvalue weighted by Crippen LogP contribution is -2.51. The Morgan fingerprint density at radius 2 is 1.77 bits per heavy atom. The van der Waals surface area contributed by atoms with Crippen LogP contribution in [0, 0.1) is 0 Å². The van der Waals surface area contributed by atoms with E-state index in [1.165, 1.54) is 43.6 Å². The standard InChI is InChI=1S/C23H40N6.HI/c1-5-24-23(25-17-22-19-26(2)15-16-27(22)3)28(4)18-20-9-11-21(12-10-20)29-13-7-6-8-14-29;/h9-12,22H,5-8,13-19H2,1-4H3,(H,24,25);1H.